The van der Waals surface area contributed by atoms with E-state index in [0.717, 1.165) is 56.5 Å². The van der Waals surface area contributed by atoms with Gasteiger partial charge in [-0.1, -0.05) is 36.4 Å². The first-order valence-corrected chi connectivity index (χ1v) is 11.4. The van der Waals surface area contributed by atoms with Crippen molar-refractivity contribution in [3.8, 4) is 11.5 Å². The fourth-order valence-electron chi connectivity index (χ4n) is 4.08. The average Bonchev–Trinajstić information content (AvgIpc) is 3.42. The van der Waals surface area contributed by atoms with E-state index in [2.05, 4.69) is 35.8 Å². The minimum absolute atomic E-state index is 0.238. The summed E-state index contributed by atoms with van der Waals surface area (Å²) < 4.78 is 10.8. The van der Waals surface area contributed by atoms with Crippen LogP contribution >= 0.6 is 0 Å². The Morgan fingerprint density at radius 2 is 1.91 bits per heavy atom. The average molecular weight is 437 g/mol. The number of amides is 1. The summed E-state index contributed by atoms with van der Waals surface area (Å²) >= 11 is 0. The highest BCUT2D eigenvalue weighted by Gasteiger charge is 2.29. The number of likely N-dealkylation sites (tertiary alicyclic amines) is 1. The zero-order chi connectivity index (χ0) is 22.2. The number of benzene rings is 2. The third kappa shape index (κ3) is 5.93. The van der Waals surface area contributed by atoms with E-state index < -0.39 is 0 Å². The lowest BCUT2D eigenvalue weighted by Gasteiger charge is -2.16. The molecular weight excluding hydrogens is 404 g/mol. The van der Waals surface area contributed by atoms with Crippen molar-refractivity contribution in [2.45, 2.75) is 26.2 Å². The molecule has 2 aliphatic heterocycles. The molecule has 1 saturated heterocycles. The predicted octanol–water partition coefficient (Wildman–Crippen LogP) is 2.60. The summed E-state index contributed by atoms with van der Waals surface area (Å²) in [5, 5.41) is 6.70. The van der Waals surface area contributed by atoms with Gasteiger partial charge in [-0.2, -0.15) is 0 Å². The van der Waals surface area contributed by atoms with E-state index in [9.17, 15) is 4.79 Å². The first-order valence-electron chi connectivity index (χ1n) is 11.4. The van der Waals surface area contributed by atoms with Gasteiger partial charge in [0.2, 0.25) is 12.7 Å². The van der Waals surface area contributed by atoms with Gasteiger partial charge in [0.25, 0.3) is 0 Å². The molecule has 170 valence electrons. The Morgan fingerprint density at radius 1 is 1.06 bits per heavy atom. The number of hydrogen-bond acceptors (Lipinski definition) is 4. The highest BCUT2D eigenvalue weighted by atomic mass is 16.7. The third-order valence-corrected chi connectivity index (χ3v) is 5.80. The number of carbonyl (C=O) groups excluding carboxylic acids is 1. The lowest BCUT2D eigenvalue weighted by molar-refractivity contribution is -0.127. The van der Waals surface area contributed by atoms with E-state index in [4.69, 9.17) is 14.5 Å². The highest BCUT2D eigenvalue weighted by molar-refractivity contribution is 5.80. The fourth-order valence-corrected chi connectivity index (χ4v) is 4.08. The van der Waals surface area contributed by atoms with Crippen LogP contribution in [0.2, 0.25) is 0 Å². The van der Waals surface area contributed by atoms with E-state index in [1.165, 1.54) is 11.1 Å². The monoisotopic (exact) mass is 436 g/mol. The number of hydrogen-bond donors (Lipinski definition) is 2. The van der Waals surface area contributed by atoms with Gasteiger partial charge in [0.15, 0.2) is 17.5 Å². The molecule has 0 radical (unpaired) electrons. The van der Waals surface area contributed by atoms with Crippen LogP contribution in [0.25, 0.3) is 0 Å². The van der Waals surface area contributed by atoms with Crippen molar-refractivity contribution in [2.75, 3.05) is 39.5 Å². The molecule has 0 spiro atoms. The molecule has 1 atom stereocenters. The van der Waals surface area contributed by atoms with Gasteiger partial charge < -0.3 is 25.0 Å². The summed E-state index contributed by atoms with van der Waals surface area (Å²) in [7, 11) is 0. The molecule has 7 nitrogen and oxygen atoms in total. The van der Waals surface area contributed by atoms with Crippen molar-refractivity contribution in [1.29, 1.82) is 0 Å². The number of ether oxygens (including phenoxy) is 2. The molecule has 2 aliphatic rings. The third-order valence-electron chi connectivity index (χ3n) is 5.80. The molecule has 1 unspecified atom stereocenters. The van der Waals surface area contributed by atoms with Crippen LogP contribution in [-0.4, -0.2) is 56.3 Å². The van der Waals surface area contributed by atoms with Crippen molar-refractivity contribution in [3.63, 3.8) is 0 Å². The maximum absolute atomic E-state index is 12.4. The zero-order valence-electron chi connectivity index (χ0n) is 18.7. The molecule has 32 heavy (non-hydrogen) atoms. The Balaban J connectivity index is 1.23. The number of fused-ring (bicyclic) bond motifs is 1. The molecule has 0 bridgehead atoms. The van der Waals surface area contributed by atoms with Crippen molar-refractivity contribution < 1.29 is 14.3 Å². The molecule has 0 aliphatic carbocycles. The maximum Gasteiger partial charge on any atom is 0.231 e. The number of nitrogens with one attached hydrogen (secondary N) is 2. The molecule has 4 rings (SSSR count). The van der Waals surface area contributed by atoms with Gasteiger partial charge >= 0.3 is 0 Å². The van der Waals surface area contributed by atoms with Gasteiger partial charge in [-0.15, -0.1) is 0 Å². The van der Waals surface area contributed by atoms with Crippen LogP contribution < -0.4 is 20.1 Å². The number of aliphatic imine (C=N–C) groups is 1. The summed E-state index contributed by atoms with van der Waals surface area (Å²) in [5.41, 5.74) is 2.45. The Morgan fingerprint density at radius 3 is 2.75 bits per heavy atom. The van der Waals surface area contributed by atoms with E-state index in [0.29, 0.717) is 19.8 Å². The molecule has 1 fully saturated rings. The standard InChI is InChI=1S/C25H32N4O3/c1-2-26-25(27-12-10-20-8-9-22-23(14-20)32-18-31-22)28-16-21-15-24(30)29(17-21)13-11-19-6-4-3-5-7-19/h3-9,14,21H,2,10-13,15-18H2,1H3,(H2,26,27,28). The van der Waals surface area contributed by atoms with Gasteiger partial charge in [0, 0.05) is 45.1 Å². The molecule has 2 heterocycles. The zero-order valence-corrected chi connectivity index (χ0v) is 18.7. The Labute approximate surface area is 189 Å². The summed E-state index contributed by atoms with van der Waals surface area (Å²) in [5.74, 6) is 2.92. The smallest absolute Gasteiger partial charge is 0.231 e. The van der Waals surface area contributed by atoms with Crippen LogP contribution in [0, 0.1) is 5.92 Å². The number of rotatable bonds is 9. The number of carbonyl (C=O) groups is 1. The fraction of sp³-hybridized carbons (Fsp3) is 0.440. The van der Waals surface area contributed by atoms with Crippen LogP contribution in [0.4, 0.5) is 0 Å². The molecule has 2 aromatic rings. The second-order valence-corrected chi connectivity index (χ2v) is 8.23. The molecule has 0 aromatic heterocycles. The number of guanidine groups is 1. The summed E-state index contributed by atoms with van der Waals surface area (Å²) in [4.78, 5) is 19.1. The lowest BCUT2D eigenvalue weighted by atomic mass is 10.1. The van der Waals surface area contributed by atoms with E-state index in [-0.39, 0.29) is 11.8 Å². The van der Waals surface area contributed by atoms with Gasteiger partial charge in [0.05, 0.1) is 0 Å². The minimum atomic E-state index is 0.238. The normalized spacial score (nSPS) is 17.7. The quantitative estimate of drug-likeness (QED) is 0.467. The minimum Gasteiger partial charge on any atom is -0.454 e. The first-order chi connectivity index (χ1) is 15.7. The van der Waals surface area contributed by atoms with Crippen LogP contribution in [0.5, 0.6) is 11.5 Å². The van der Waals surface area contributed by atoms with Crippen LogP contribution in [-0.2, 0) is 17.6 Å². The lowest BCUT2D eigenvalue weighted by Crippen LogP contribution is -2.38. The molecule has 1 amide bonds. The van der Waals surface area contributed by atoms with Crippen molar-refractivity contribution in [3.05, 3.63) is 59.7 Å². The molecular formula is C25H32N4O3. The van der Waals surface area contributed by atoms with E-state index in [1.807, 2.05) is 35.2 Å². The van der Waals surface area contributed by atoms with E-state index >= 15 is 0 Å². The molecule has 2 aromatic carbocycles. The summed E-state index contributed by atoms with van der Waals surface area (Å²) in [6.45, 7) is 6.11. The van der Waals surface area contributed by atoms with Crippen LogP contribution in [0.3, 0.4) is 0 Å². The van der Waals surface area contributed by atoms with Crippen molar-refractivity contribution >= 4 is 11.9 Å². The van der Waals surface area contributed by atoms with Crippen LogP contribution in [0.15, 0.2) is 53.5 Å². The predicted molar refractivity (Wildman–Crippen MR) is 125 cm³/mol. The largest absolute Gasteiger partial charge is 0.454 e. The highest BCUT2D eigenvalue weighted by Crippen LogP contribution is 2.32. The maximum atomic E-state index is 12.4. The first kappa shape index (κ1) is 22.0. The summed E-state index contributed by atoms with van der Waals surface area (Å²) in [6.07, 6.45) is 2.33. The Bertz CT molecular complexity index is 932. The molecule has 7 heteroatoms. The molecule has 2 N–H and O–H groups in total. The van der Waals surface area contributed by atoms with Crippen molar-refractivity contribution in [2.24, 2.45) is 10.9 Å². The second kappa shape index (κ2) is 10.9. The van der Waals surface area contributed by atoms with Gasteiger partial charge in [-0.25, -0.2) is 0 Å². The van der Waals surface area contributed by atoms with Gasteiger partial charge in [0.1, 0.15) is 0 Å². The topological polar surface area (TPSA) is 75.2 Å². The van der Waals surface area contributed by atoms with Gasteiger partial charge in [-0.3, -0.25) is 9.79 Å². The Kier molecular flexibility index (Phi) is 7.48. The van der Waals surface area contributed by atoms with Gasteiger partial charge in [-0.05, 0) is 43.0 Å². The second-order valence-electron chi connectivity index (χ2n) is 8.23. The SMILES string of the molecule is CCNC(=NCC1CC(=O)N(CCc2ccccc2)C1)NCCc1ccc2c(c1)OCO2. The van der Waals surface area contributed by atoms with Crippen LogP contribution in [0.1, 0.15) is 24.5 Å². The van der Waals surface area contributed by atoms with Crippen molar-refractivity contribution in [1.82, 2.24) is 15.5 Å². The Hall–Kier alpha value is -3.22. The number of nitrogens with zero attached hydrogens (tertiary/aromatic N) is 2. The summed E-state index contributed by atoms with van der Waals surface area (Å²) in [6, 6.07) is 16.4. The van der Waals surface area contributed by atoms with E-state index in [1.54, 1.807) is 0 Å². The molecule has 0 saturated carbocycles.